The summed E-state index contributed by atoms with van der Waals surface area (Å²) in [6.07, 6.45) is -3.10. The molecule has 3 aromatic carbocycles. The van der Waals surface area contributed by atoms with E-state index in [0.29, 0.717) is 5.69 Å². The van der Waals surface area contributed by atoms with Crippen LogP contribution in [0, 0.1) is 0 Å². The first-order chi connectivity index (χ1) is 16.1. The fraction of sp³-hybridized carbons (Fsp3) is 0.185. The SMILES string of the molecule is O=C(NCC(O)C(O)c1ccc2ccccc2n1)OCC1c2ccccc2-c2ccccc21. The van der Waals surface area contributed by atoms with Crippen LogP contribution in [0.4, 0.5) is 4.79 Å². The smallest absolute Gasteiger partial charge is 0.407 e. The maximum atomic E-state index is 12.3. The number of aliphatic hydroxyl groups is 2. The van der Waals surface area contributed by atoms with Crippen molar-refractivity contribution >= 4 is 17.0 Å². The van der Waals surface area contributed by atoms with E-state index < -0.39 is 18.3 Å². The molecule has 6 nitrogen and oxygen atoms in total. The number of hydrogen-bond acceptors (Lipinski definition) is 5. The molecule has 1 aliphatic carbocycles. The zero-order valence-corrected chi connectivity index (χ0v) is 17.9. The average molecular weight is 440 g/mol. The second kappa shape index (κ2) is 9.02. The topological polar surface area (TPSA) is 91.7 Å². The van der Waals surface area contributed by atoms with E-state index in [1.165, 1.54) is 0 Å². The number of nitrogens with zero attached hydrogens (tertiary/aromatic N) is 1. The van der Waals surface area contributed by atoms with E-state index in [0.717, 1.165) is 33.2 Å². The van der Waals surface area contributed by atoms with Gasteiger partial charge in [0.15, 0.2) is 0 Å². The number of rotatable bonds is 6. The monoisotopic (exact) mass is 440 g/mol. The van der Waals surface area contributed by atoms with E-state index >= 15 is 0 Å². The van der Waals surface area contributed by atoms with Crippen LogP contribution in [0.15, 0.2) is 84.9 Å². The number of pyridine rings is 1. The van der Waals surface area contributed by atoms with Crippen molar-refractivity contribution in [2.75, 3.05) is 13.2 Å². The Labute approximate surface area is 191 Å². The van der Waals surface area contributed by atoms with Crippen molar-refractivity contribution in [3.63, 3.8) is 0 Å². The van der Waals surface area contributed by atoms with Gasteiger partial charge in [0.05, 0.1) is 11.2 Å². The van der Waals surface area contributed by atoms with Gasteiger partial charge in [-0.25, -0.2) is 9.78 Å². The third-order valence-corrected chi connectivity index (χ3v) is 6.09. The number of amides is 1. The third-order valence-electron chi connectivity index (χ3n) is 6.09. The van der Waals surface area contributed by atoms with Crippen LogP contribution in [0.2, 0.25) is 0 Å². The van der Waals surface area contributed by atoms with E-state index in [9.17, 15) is 15.0 Å². The predicted molar refractivity (Wildman–Crippen MR) is 126 cm³/mol. The highest BCUT2D eigenvalue weighted by atomic mass is 16.5. The fourth-order valence-corrected chi connectivity index (χ4v) is 4.39. The van der Waals surface area contributed by atoms with Crippen LogP contribution in [-0.2, 0) is 4.74 Å². The molecule has 0 saturated carbocycles. The highest BCUT2D eigenvalue weighted by Gasteiger charge is 2.29. The normalized spacial score (nSPS) is 14.4. The second-order valence-corrected chi connectivity index (χ2v) is 8.15. The summed E-state index contributed by atoms with van der Waals surface area (Å²) in [5.74, 6) is -0.0412. The zero-order valence-electron chi connectivity index (χ0n) is 17.9. The van der Waals surface area contributed by atoms with Crippen molar-refractivity contribution in [2.45, 2.75) is 18.1 Å². The van der Waals surface area contributed by atoms with Gasteiger partial charge in [-0.05, 0) is 34.4 Å². The zero-order chi connectivity index (χ0) is 22.8. The Balaban J connectivity index is 1.19. The minimum Gasteiger partial charge on any atom is -0.449 e. The number of para-hydroxylation sites is 1. The molecule has 33 heavy (non-hydrogen) atoms. The molecular formula is C27H24N2O4. The van der Waals surface area contributed by atoms with Crippen LogP contribution >= 0.6 is 0 Å². The average Bonchev–Trinajstić information content (AvgIpc) is 3.19. The molecule has 1 aliphatic rings. The number of alkyl carbamates (subject to hydrolysis) is 1. The summed E-state index contributed by atoms with van der Waals surface area (Å²) in [5.41, 5.74) is 5.64. The lowest BCUT2D eigenvalue weighted by Crippen LogP contribution is -2.36. The molecular weight excluding hydrogens is 416 g/mol. The van der Waals surface area contributed by atoms with Gasteiger partial charge in [-0.15, -0.1) is 0 Å². The molecule has 2 atom stereocenters. The van der Waals surface area contributed by atoms with Crippen molar-refractivity contribution in [2.24, 2.45) is 0 Å². The minimum atomic E-state index is -1.23. The van der Waals surface area contributed by atoms with Crippen molar-refractivity contribution in [1.29, 1.82) is 0 Å². The molecule has 1 aromatic heterocycles. The molecule has 4 aromatic rings. The van der Waals surface area contributed by atoms with E-state index in [1.54, 1.807) is 6.07 Å². The van der Waals surface area contributed by atoms with Gasteiger partial charge in [0.2, 0.25) is 0 Å². The van der Waals surface area contributed by atoms with Gasteiger partial charge >= 0.3 is 6.09 Å². The van der Waals surface area contributed by atoms with Crippen LogP contribution in [0.25, 0.3) is 22.0 Å². The Morgan fingerprint density at radius 2 is 1.52 bits per heavy atom. The lowest BCUT2D eigenvalue weighted by Gasteiger charge is -2.19. The standard InChI is InChI=1S/C27H24N2O4/c30-25(26(31)24-14-13-17-7-1-6-12-23(17)29-24)15-28-27(32)33-16-22-20-10-4-2-8-18(20)19-9-3-5-11-21(19)22/h1-14,22,25-26,30-31H,15-16H2,(H,28,32). The minimum absolute atomic E-state index is 0.0412. The van der Waals surface area contributed by atoms with Gasteiger partial charge in [0.25, 0.3) is 0 Å². The van der Waals surface area contributed by atoms with Gasteiger partial charge in [-0.1, -0.05) is 72.8 Å². The number of aliphatic hydroxyl groups excluding tert-OH is 2. The molecule has 0 fully saturated rings. The van der Waals surface area contributed by atoms with Crippen LogP contribution < -0.4 is 5.32 Å². The molecule has 5 rings (SSSR count). The van der Waals surface area contributed by atoms with Crippen LogP contribution in [0.5, 0.6) is 0 Å². The number of hydrogen-bond donors (Lipinski definition) is 3. The van der Waals surface area contributed by atoms with Gasteiger partial charge in [0.1, 0.15) is 18.8 Å². The molecule has 2 unspecified atom stereocenters. The summed E-state index contributed by atoms with van der Waals surface area (Å²) < 4.78 is 5.47. The largest absolute Gasteiger partial charge is 0.449 e. The molecule has 0 aliphatic heterocycles. The molecule has 0 bridgehead atoms. The summed E-state index contributed by atoms with van der Waals surface area (Å²) in [5, 5.41) is 24.3. The van der Waals surface area contributed by atoms with Gasteiger partial charge in [0, 0.05) is 17.8 Å². The number of aromatic nitrogens is 1. The van der Waals surface area contributed by atoms with Gasteiger partial charge in [-0.2, -0.15) is 0 Å². The molecule has 3 N–H and O–H groups in total. The van der Waals surface area contributed by atoms with E-state index in [2.05, 4.69) is 34.6 Å². The summed E-state index contributed by atoms with van der Waals surface area (Å²) in [7, 11) is 0. The highest BCUT2D eigenvalue weighted by molar-refractivity contribution is 5.79. The number of nitrogens with one attached hydrogen (secondary N) is 1. The Hall–Kier alpha value is -3.74. The summed E-state index contributed by atoms with van der Waals surface area (Å²) in [6, 6.07) is 27.3. The lowest BCUT2D eigenvalue weighted by atomic mass is 9.98. The van der Waals surface area contributed by atoms with Crippen molar-refractivity contribution in [1.82, 2.24) is 10.3 Å². The molecule has 1 amide bonds. The first-order valence-electron chi connectivity index (χ1n) is 10.9. The summed E-state index contributed by atoms with van der Waals surface area (Å²) in [4.78, 5) is 16.7. The molecule has 0 saturated heterocycles. The number of ether oxygens (including phenoxy) is 1. The lowest BCUT2D eigenvalue weighted by molar-refractivity contribution is 0.0162. The van der Waals surface area contributed by atoms with Crippen molar-refractivity contribution in [3.05, 3.63) is 102 Å². The van der Waals surface area contributed by atoms with Gasteiger partial charge < -0.3 is 20.3 Å². The van der Waals surface area contributed by atoms with Crippen LogP contribution in [0.3, 0.4) is 0 Å². The number of carbonyl (C=O) groups excluding carboxylic acids is 1. The Bertz CT molecular complexity index is 1260. The fourth-order valence-electron chi connectivity index (χ4n) is 4.39. The molecule has 6 heteroatoms. The van der Waals surface area contributed by atoms with Gasteiger partial charge in [-0.3, -0.25) is 0 Å². The number of fused-ring (bicyclic) bond motifs is 4. The van der Waals surface area contributed by atoms with E-state index in [4.69, 9.17) is 4.74 Å². The number of carbonyl (C=O) groups is 1. The third kappa shape index (κ3) is 4.18. The quantitative estimate of drug-likeness (QED) is 0.419. The maximum absolute atomic E-state index is 12.3. The van der Waals surface area contributed by atoms with Crippen molar-refractivity contribution < 1.29 is 19.7 Å². The summed E-state index contributed by atoms with van der Waals surface area (Å²) >= 11 is 0. The second-order valence-electron chi connectivity index (χ2n) is 8.15. The molecule has 0 radical (unpaired) electrons. The highest BCUT2D eigenvalue weighted by Crippen LogP contribution is 2.44. The Morgan fingerprint density at radius 1 is 0.879 bits per heavy atom. The maximum Gasteiger partial charge on any atom is 0.407 e. The number of benzene rings is 3. The molecule has 1 heterocycles. The summed E-state index contributed by atoms with van der Waals surface area (Å²) in [6.45, 7) is 0.0249. The molecule has 0 spiro atoms. The van der Waals surface area contributed by atoms with E-state index in [-0.39, 0.29) is 19.1 Å². The molecule has 166 valence electrons. The first kappa shape index (κ1) is 21.1. The van der Waals surface area contributed by atoms with Crippen LogP contribution in [-0.4, -0.2) is 40.5 Å². The Kier molecular flexibility index (Phi) is 5.77. The first-order valence-corrected chi connectivity index (χ1v) is 10.9. The van der Waals surface area contributed by atoms with Crippen LogP contribution in [0.1, 0.15) is 28.8 Å². The van der Waals surface area contributed by atoms with E-state index in [1.807, 2.05) is 54.6 Å². The Morgan fingerprint density at radius 3 is 2.24 bits per heavy atom. The van der Waals surface area contributed by atoms with Crippen molar-refractivity contribution in [3.8, 4) is 11.1 Å². The predicted octanol–water partition coefficient (Wildman–Crippen LogP) is 4.17.